The number of nitrogens with one attached hydrogen (secondary N) is 1. The number of nitrogens with zero attached hydrogens (tertiary/aromatic N) is 3. The Balaban J connectivity index is 1.72. The summed E-state index contributed by atoms with van der Waals surface area (Å²) >= 11 is 6.00. The molecule has 1 aromatic heterocycles. The molecule has 3 aromatic rings. The van der Waals surface area contributed by atoms with Crippen LogP contribution >= 0.6 is 11.6 Å². The lowest BCUT2D eigenvalue weighted by Gasteiger charge is -2.01. The summed E-state index contributed by atoms with van der Waals surface area (Å²) in [6.07, 6.45) is 0.572. The van der Waals surface area contributed by atoms with Crippen LogP contribution in [0.4, 0.5) is 0 Å². The molecule has 5 rings (SSSR count). The molecule has 5 nitrogen and oxygen atoms in total. The van der Waals surface area contributed by atoms with Crippen LogP contribution in [0.25, 0.3) is 33.0 Å². The van der Waals surface area contributed by atoms with Gasteiger partial charge < -0.3 is 5.11 Å². The van der Waals surface area contributed by atoms with Crippen molar-refractivity contribution in [3.8, 4) is 28.0 Å². The fourth-order valence-electron chi connectivity index (χ4n) is 3.40. The number of fused-ring (bicyclic) bond motifs is 3. The Kier molecular flexibility index (Phi) is 2.69. The number of rotatable bonds is 3. The zero-order valence-electron chi connectivity index (χ0n) is 12.4. The number of aromatic hydroxyl groups is 1. The van der Waals surface area contributed by atoms with Crippen molar-refractivity contribution in [2.45, 2.75) is 6.42 Å². The van der Waals surface area contributed by atoms with Gasteiger partial charge in [0.05, 0.1) is 0 Å². The standard InChI is InChI=1S/C18H11ClN4O/c19-10-3-1-9(2-4-10)16-17-12-6-5-11(24)7-13(12)14(18(16)17)8-15-20-22-23-21-15/h1-7,24H,8H2,(H,20,21,22,23). The van der Waals surface area contributed by atoms with Gasteiger partial charge in [-0.25, -0.2) is 0 Å². The normalized spacial score (nSPS) is 11.9. The quantitative estimate of drug-likeness (QED) is 0.524. The summed E-state index contributed by atoms with van der Waals surface area (Å²) in [6.45, 7) is 0. The van der Waals surface area contributed by atoms with E-state index in [1.807, 2.05) is 30.3 Å². The molecular weight excluding hydrogens is 324 g/mol. The lowest BCUT2D eigenvalue weighted by molar-refractivity contribution is 0.476. The van der Waals surface area contributed by atoms with E-state index in [4.69, 9.17) is 11.6 Å². The molecule has 0 aliphatic heterocycles. The maximum Gasteiger partial charge on any atom is 0.178 e. The summed E-state index contributed by atoms with van der Waals surface area (Å²) in [5, 5.41) is 27.0. The maximum atomic E-state index is 9.85. The molecular formula is C18H11ClN4O. The SMILES string of the molecule is Oc1ccc2c3c(-c4ccc(Cl)cc4)c-3c(Cc3nn[nH]n3)c2c1. The summed E-state index contributed by atoms with van der Waals surface area (Å²) in [5.74, 6) is 0.894. The highest BCUT2D eigenvalue weighted by Gasteiger charge is 2.34. The van der Waals surface area contributed by atoms with Gasteiger partial charge in [-0.2, -0.15) is 5.21 Å². The van der Waals surface area contributed by atoms with Crippen LogP contribution in [0, 0.1) is 0 Å². The van der Waals surface area contributed by atoms with Gasteiger partial charge in [0.1, 0.15) is 5.75 Å². The lowest BCUT2D eigenvalue weighted by atomic mass is 10.0. The Labute approximate surface area is 141 Å². The minimum absolute atomic E-state index is 0.259. The summed E-state index contributed by atoms with van der Waals surface area (Å²) in [6, 6.07) is 13.3. The van der Waals surface area contributed by atoms with Crippen molar-refractivity contribution in [2.75, 3.05) is 0 Å². The van der Waals surface area contributed by atoms with E-state index in [9.17, 15) is 5.11 Å². The van der Waals surface area contributed by atoms with Crippen LogP contribution in [0.15, 0.2) is 42.5 Å². The molecule has 0 saturated heterocycles. The highest BCUT2D eigenvalue weighted by atomic mass is 35.5. The number of hydrogen-bond acceptors (Lipinski definition) is 4. The smallest absolute Gasteiger partial charge is 0.178 e. The van der Waals surface area contributed by atoms with Crippen molar-refractivity contribution in [3.63, 3.8) is 0 Å². The van der Waals surface area contributed by atoms with Gasteiger partial charge in [-0.3, -0.25) is 0 Å². The molecule has 0 spiro atoms. The number of aromatic nitrogens is 4. The summed E-state index contributed by atoms with van der Waals surface area (Å²) in [4.78, 5) is 0. The molecule has 2 aromatic carbocycles. The van der Waals surface area contributed by atoms with Gasteiger partial charge in [-0.05, 0) is 62.9 Å². The molecule has 0 fully saturated rings. The summed E-state index contributed by atoms with van der Waals surface area (Å²) < 4.78 is 0. The Morgan fingerprint density at radius 3 is 2.54 bits per heavy atom. The third-order valence-electron chi connectivity index (χ3n) is 4.44. The van der Waals surface area contributed by atoms with Gasteiger partial charge in [-0.15, -0.1) is 10.2 Å². The minimum Gasteiger partial charge on any atom is -0.508 e. The van der Waals surface area contributed by atoms with Gasteiger partial charge in [0.2, 0.25) is 0 Å². The predicted molar refractivity (Wildman–Crippen MR) is 92.0 cm³/mol. The Bertz CT molecular complexity index is 1090. The predicted octanol–water partition coefficient (Wildman–Crippen LogP) is 3.95. The highest BCUT2D eigenvalue weighted by Crippen LogP contribution is 2.59. The van der Waals surface area contributed by atoms with E-state index in [2.05, 4.69) is 20.6 Å². The van der Waals surface area contributed by atoms with E-state index in [1.54, 1.807) is 12.1 Å². The van der Waals surface area contributed by atoms with E-state index >= 15 is 0 Å². The van der Waals surface area contributed by atoms with Crippen molar-refractivity contribution >= 4 is 22.4 Å². The summed E-state index contributed by atoms with van der Waals surface area (Å²) in [7, 11) is 0. The molecule has 0 bridgehead atoms. The van der Waals surface area contributed by atoms with E-state index in [0.717, 1.165) is 26.9 Å². The van der Waals surface area contributed by atoms with Crippen LogP contribution in [-0.2, 0) is 6.42 Å². The van der Waals surface area contributed by atoms with Gasteiger partial charge in [-0.1, -0.05) is 35.0 Å². The van der Waals surface area contributed by atoms with Crippen molar-refractivity contribution in [1.82, 2.24) is 20.6 Å². The largest absolute Gasteiger partial charge is 0.508 e. The van der Waals surface area contributed by atoms with Crippen LogP contribution in [-0.4, -0.2) is 25.7 Å². The number of phenolic OH excluding ortho intramolecular Hbond substituents is 1. The first kappa shape index (κ1) is 13.5. The fraction of sp³-hybridized carbons (Fsp3) is 0.0556. The average Bonchev–Trinajstić information content (AvgIpc) is 2.94. The second kappa shape index (κ2) is 4.79. The van der Waals surface area contributed by atoms with E-state index in [0.29, 0.717) is 12.2 Å². The molecule has 0 unspecified atom stereocenters. The lowest BCUT2D eigenvalue weighted by Crippen LogP contribution is -1.90. The monoisotopic (exact) mass is 334 g/mol. The number of phenols is 1. The Morgan fingerprint density at radius 1 is 0.958 bits per heavy atom. The number of tetrazole rings is 1. The molecule has 2 N–H and O–H groups in total. The first-order chi connectivity index (χ1) is 11.7. The molecule has 0 saturated carbocycles. The molecule has 2 aliphatic carbocycles. The number of hydrogen-bond donors (Lipinski definition) is 2. The highest BCUT2D eigenvalue weighted by molar-refractivity contribution is 6.31. The average molecular weight is 335 g/mol. The second-order valence-corrected chi connectivity index (χ2v) is 6.28. The summed E-state index contributed by atoms with van der Waals surface area (Å²) in [5.41, 5.74) is 5.98. The molecule has 0 atom stereocenters. The van der Waals surface area contributed by atoms with Gasteiger partial charge in [0.15, 0.2) is 5.82 Å². The zero-order chi connectivity index (χ0) is 16.3. The van der Waals surface area contributed by atoms with Crippen LogP contribution in [0.2, 0.25) is 5.02 Å². The van der Waals surface area contributed by atoms with E-state index < -0.39 is 0 Å². The Morgan fingerprint density at radius 2 is 1.79 bits per heavy atom. The molecule has 0 radical (unpaired) electrons. The van der Waals surface area contributed by atoms with Crippen LogP contribution in [0.3, 0.4) is 0 Å². The van der Waals surface area contributed by atoms with Crippen molar-refractivity contribution < 1.29 is 5.11 Å². The third-order valence-corrected chi connectivity index (χ3v) is 4.70. The molecule has 1 heterocycles. The number of benzene rings is 3. The van der Waals surface area contributed by atoms with Gasteiger partial charge in [0, 0.05) is 11.4 Å². The topological polar surface area (TPSA) is 74.7 Å². The third kappa shape index (κ3) is 1.91. The molecule has 2 aliphatic rings. The Hall–Kier alpha value is -2.92. The first-order valence-corrected chi connectivity index (χ1v) is 7.90. The first-order valence-electron chi connectivity index (χ1n) is 7.52. The minimum atomic E-state index is 0.259. The molecule has 116 valence electrons. The van der Waals surface area contributed by atoms with Crippen molar-refractivity contribution in [2.24, 2.45) is 0 Å². The van der Waals surface area contributed by atoms with Crippen molar-refractivity contribution in [1.29, 1.82) is 0 Å². The van der Waals surface area contributed by atoms with Crippen LogP contribution in [0.5, 0.6) is 5.75 Å². The van der Waals surface area contributed by atoms with Gasteiger partial charge in [0.25, 0.3) is 0 Å². The number of H-pyrrole nitrogens is 1. The fourth-order valence-corrected chi connectivity index (χ4v) is 3.52. The van der Waals surface area contributed by atoms with Crippen molar-refractivity contribution in [3.05, 3.63) is 58.9 Å². The maximum absolute atomic E-state index is 9.85. The van der Waals surface area contributed by atoms with Crippen LogP contribution < -0.4 is 0 Å². The van der Waals surface area contributed by atoms with E-state index in [-0.39, 0.29) is 5.75 Å². The number of aromatic amines is 1. The molecule has 0 amide bonds. The zero-order valence-corrected chi connectivity index (χ0v) is 13.2. The molecule has 24 heavy (non-hydrogen) atoms. The second-order valence-electron chi connectivity index (χ2n) is 5.85. The van der Waals surface area contributed by atoms with Crippen LogP contribution in [0.1, 0.15) is 11.4 Å². The molecule has 6 heteroatoms. The van der Waals surface area contributed by atoms with E-state index in [1.165, 1.54) is 16.7 Å². The van der Waals surface area contributed by atoms with Gasteiger partial charge >= 0.3 is 0 Å². The number of halogens is 1.